The highest BCUT2D eigenvalue weighted by atomic mass is 16.3. The van der Waals surface area contributed by atoms with E-state index < -0.39 is 0 Å². The van der Waals surface area contributed by atoms with Crippen LogP contribution in [0.4, 0.5) is 5.69 Å². The summed E-state index contributed by atoms with van der Waals surface area (Å²) in [5.41, 5.74) is 8.76. The first-order valence-electron chi connectivity index (χ1n) is 7.28. The number of fused-ring (bicyclic) bond motifs is 2. The first kappa shape index (κ1) is 13.7. The minimum atomic E-state index is -0.0869. The van der Waals surface area contributed by atoms with E-state index in [-0.39, 0.29) is 17.4 Å². The van der Waals surface area contributed by atoms with Crippen molar-refractivity contribution in [2.75, 3.05) is 5.73 Å². The summed E-state index contributed by atoms with van der Waals surface area (Å²) in [5, 5.41) is 0.669. The molecule has 3 aromatic rings. The number of nitrogen functional groups attached to an aromatic ring is 1. The molecule has 0 aliphatic carbocycles. The number of pyridine rings is 1. The Morgan fingerprint density at radius 3 is 2.43 bits per heavy atom. The molecule has 4 heteroatoms. The van der Waals surface area contributed by atoms with Gasteiger partial charge in [-0.05, 0) is 26.0 Å². The number of nitrogens with two attached hydrogens (primary N) is 1. The van der Waals surface area contributed by atoms with Crippen molar-refractivity contribution >= 4 is 27.7 Å². The molecule has 0 amide bonds. The summed E-state index contributed by atoms with van der Waals surface area (Å²) in [6, 6.07) is 7.78. The van der Waals surface area contributed by atoms with Gasteiger partial charge in [-0.3, -0.25) is 4.79 Å². The van der Waals surface area contributed by atoms with Crippen molar-refractivity contribution in [3.63, 3.8) is 0 Å². The highest BCUT2D eigenvalue weighted by Crippen LogP contribution is 2.35. The quantitative estimate of drug-likeness (QED) is 0.772. The molecule has 0 saturated heterocycles. The van der Waals surface area contributed by atoms with Gasteiger partial charge in [0.15, 0.2) is 0 Å². The fraction of sp³-hybridized carbons (Fsp3) is 0.353. The molecule has 2 aromatic heterocycles. The van der Waals surface area contributed by atoms with E-state index in [4.69, 9.17) is 10.2 Å². The number of aromatic nitrogens is 1. The van der Waals surface area contributed by atoms with Crippen LogP contribution in [0.3, 0.4) is 0 Å². The van der Waals surface area contributed by atoms with Gasteiger partial charge in [-0.15, -0.1) is 0 Å². The molecule has 3 rings (SSSR count). The molecule has 0 atom stereocenters. The Hall–Kier alpha value is -2.23. The maximum Gasteiger partial charge on any atom is 0.232 e. The smallest absolute Gasteiger partial charge is 0.232 e. The van der Waals surface area contributed by atoms with Crippen molar-refractivity contribution < 1.29 is 4.42 Å². The second-order valence-electron chi connectivity index (χ2n) is 6.02. The van der Waals surface area contributed by atoms with Crippen molar-refractivity contribution in [2.24, 2.45) is 0 Å². The second-order valence-corrected chi connectivity index (χ2v) is 6.02. The highest BCUT2D eigenvalue weighted by Gasteiger charge is 2.22. The molecule has 0 fully saturated rings. The lowest BCUT2D eigenvalue weighted by atomic mass is 10.1. The maximum atomic E-state index is 12.7. The Balaban J connectivity index is 2.63. The highest BCUT2D eigenvalue weighted by molar-refractivity contribution is 5.97. The number of rotatable bonds is 2. The molecule has 0 aliphatic rings. The Bertz CT molecular complexity index is 885. The molecule has 0 spiro atoms. The standard InChI is InChI=1S/C17H20N2O2/c1-9(2)16-13(18)14-17(21-16)15(20)11-7-5-6-8-12(11)19(14)10(3)4/h5-10H,18H2,1-4H3. The molecule has 21 heavy (non-hydrogen) atoms. The number of nitrogens with zero attached hydrogens (tertiary/aromatic N) is 1. The predicted molar refractivity (Wildman–Crippen MR) is 86.9 cm³/mol. The summed E-state index contributed by atoms with van der Waals surface area (Å²) in [5.74, 6) is 0.826. The first-order chi connectivity index (χ1) is 9.93. The largest absolute Gasteiger partial charge is 0.453 e. The van der Waals surface area contributed by atoms with Crippen molar-refractivity contribution in [1.29, 1.82) is 0 Å². The van der Waals surface area contributed by atoms with Crippen LogP contribution >= 0.6 is 0 Å². The van der Waals surface area contributed by atoms with Gasteiger partial charge in [0.2, 0.25) is 11.0 Å². The summed E-state index contributed by atoms with van der Waals surface area (Å²) in [6.45, 7) is 8.19. The predicted octanol–water partition coefficient (Wildman–Crippen LogP) is 4.03. The normalized spacial score (nSPS) is 12.1. The molecular formula is C17H20N2O2. The molecule has 110 valence electrons. The molecule has 4 nitrogen and oxygen atoms in total. The van der Waals surface area contributed by atoms with Crippen LogP contribution in [-0.4, -0.2) is 4.57 Å². The van der Waals surface area contributed by atoms with E-state index >= 15 is 0 Å². The zero-order valence-corrected chi connectivity index (χ0v) is 12.8. The fourth-order valence-electron chi connectivity index (χ4n) is 2.93. The third-order valence-corrected chi connectivity index (χ3v) is 3.84. The van der Waals surface area contributed by atoms with Gasteiger partial charge in [-0.1, -0.05) is 26.0 Å². The van der Waals surface area contributed by atoms with E-state index in [0.29, 0.717) is 22.4 Å². The Morgan fingerprint density at radius 2 is 1.81 bits per heavy atom. The lowest BCUT2D eigenvalue weighted by Crippen LogP contribution is -2.12. The average Bonchev–Trinajstić information content (AvgIpc) is 2.77. The zero-order chi connectivity index (χ0) is 15.3. The van der Waals surface area contributed by atoms with Crippen molar-refractivity contribution in [2.45, 2.75) is 39.7 Å². The molecule has 0 saturated carbocycles. The van der Waals surface area contributed by atoms with Crippen LogP contribution in [0, 0.1) is 0 Å². The minimum Gasteiger partial charge on any atom is -0.453 e. The van der Waals surface area contributed by atoms with Gasteiger partial charge < -0.3 is 14.7 Å². The van der Waals surface area contributed by atoms with Crippen molar-refractivity contribution in [3.05, 3.63) is 40.2 Å². The van der Waals surface area contributed by atoms with E-state index in [1.807, 2.05) is 38.1 Å². The summed E-state index contributed by atoms with van der Waals surface area (Å²) in [6.07, 6.45) is 0. The van der Waals surface area contributed by atoms with Crippen molar-refractivity contribution in [3.8, 4) is 0 Å². The molecule has 0 aliphatic heterocycles. The van der Waals surface area contributed by atoms with E-state index in [1.54, 1.807) is 0 Å². The lowest BCUT2D eigenvalue weighted by Gasteiger charge is -2.16. The zero-order valence-electron chi connectivity index (χ0n) is 12.8. The Morgan fingerprint density at radius 1 is 1.14 bits per heavy atom. The second kappa shape index (κ2) is 4.65. The molecule has 0 unspecified atom stereocenters. The van der Waals surface area contributed by atoms with Gasteiger partial charge in [0, 0.05) is 17.3 Å². The summed E-state index contributed by atoms with van der Waals surface area (Å²) in [4.78, 5) is 12.7. The molecule has 0 bridgehead atoms. The maximum absolute atomic E-state index is 12.7. The summed E-state index contributed by atoms with van der Waals surface area (Å²) >= 11 is 0. The van der Waals surface area contributed by atoms with Gasteiger partial charge in [0.05, 0.1) is 11.2 Å². The van der Waals surface area contributed by atoms with E-state index in [0.717, 1.165) is 11.0 Å². The van der Waals surface area contributed by atoms with Crippen LogP contribution in [0.25, 0.3) is 22.0 Å². The number of anilines is 1. The third kappa shape index (κ3) is 1.86. The van der Waals surface area contributed by atoms with Crippen LogP contribution in [-0.2, 0) is 0 Å². The van der Waals surface area contributed by atoms with Crippen LogP contribution in [0.2, 0.25) is 0 Å². The molecule has 0 radical (unpaired) electrons. The first-order valence-corrected chi connectivity index (χ1v) is 7.28. The van der Waals surface area contributed by atoms with Crippen molar-refractivity contribution in [1.82, 2.24) is 4.57 Å². The summed E-state index contributed by atoms with van der Waals surface area (Å²) < 4.78 is 7.93. The number of benzene rings is 1. The van der Waals surface area contributed by atoms with Crippen LogP contribution in [0.15, 0.2) is 33.5 Å². The van der Waals surface area contributed by atoms with E-state index in [2.05, 4.69) is 18.4 Å². The average molecular weight is 284 g/mol. The van der Waals surface area contributed by atoms with Crippen LogP contribution in [0.1, 0.15) is 45.4 Å². The SMILES string of the molecule is CC(C)c1oc2c(=O)c3ccccc3n(C(C)C)c2c1N. The van der Waals surface area contributed by atoms with E-state index in [1.165, 1.54) is 0 Å². The lowest BCUT2D eigenvalue weighted by molar-refractivity contribution is 0.521. The van der Waals surface area contributed by atoms with Crippen LogP contribution < -0.4 is 11.2 Å². The Kier molecular flexibility index (Phi) is 3.04. The third-order valence-electron chi connectivity index (χ3n) is 3.84. The molecule has 1 aromatic carbocycles. The van der Waals surface area contributed by atoms with Gasteiger partial charge in [-0.25, -0.2) is 0 Å². The van der Waals surface area contributed by atoms with Gasteiger partial charge >= 0.3 is 0 Å². The topological polar surface area (TPSA) is 61.2 Å². The summed E-state index contributed by atoms with van der Waals surface area (Å²) in [7, 11) is 0. The molecular weight excluding hydrogens is 264 g/mol. The number of hydrogen-bond donors (Lipinski definition) is 1. The monoisotopic (exact) mass is 284 g/mol. The minimum absolute atomic E-state index is 0.0869. The van der Waals surface area contributed by atoms with Gasteiger partial charge in [-0.2, -0.15) is 0 Å². The fourth-order valence-corrected chi connectivity index (χ4v) is 2.93. The number of furan rings is 1. The van der Waals surface area contributed by atoms with Gasteiger partial charge in [0.1, 0.15) is 11.3 Å². The van der Waals surface area contributed by atoms with Gasteiger partial charge in [0.25, 0.3) is 0 Å². The number of para-hydroxylation sites is 1. The van der Waals surface area contributed by atoms with E-state index in [9.17, 15) is 4.79 Å². The van der Waals surface area contributed by atoms with Crippen LogP contribution in [0.5, 0.6) is 0 Å². The molecule has 2 N–H and O–H groups in total. The number of hydrogen-bond acceptors (Lipinski definition) is 3. The molecule has 2 heterocycles. The Labute approximate surface area is 123 Å².